The Morgan fingerprint density at radius 1 is 0.917 bits per heavy atom. The molecule has 0 unspecified atom stereocenters. The summed E-state index contributed by atoms with van der Waals surface area (Å²) in [7, 11) is 0. The highest BCUT2D eigenvalue weighted by atomic mass is 19.4. The molecule has 128 valence electrons. The molecule has 2 aromatic carbocycles. The molecule has 0 aliphatic carbocycles. The molecule has 0 atom stereocenters. The maximum atomic E-state index is 12.1. The van der Waals surface area contributed by atoms with Crippen LogP contribution in [0.2, 0.25) is 0 Å². The first-order valence-electron chi connectivity index (χ1n) is 7.58. The molecule has 0 saturated heterocycles. The lowest BCUT2D eigenvalue weighted by Gasteiger charge is -2.09. The molecule has 1 amide bonds. The Morgan fingerprint density at radius 2 is 1.54 bits per heavy atom. The predicted molar refractivity (Wildman–Crippen MR) is 84.6 cm³/mol. The summed E-state index contributed by atoms with van der Waals surface area (Å²) in [6, 6.07) is 15.4. The monoisotopic (exact) mass is 337 g/mol. The molecule has 0 heterocycles. The summed E-state index contributed by atoms with van der Waals surface area (Å²) in [5, 5.41) is 2.80. The van der Waals surface area contributed by atoms with Gasteiger partial charge in [-0.15, -0.1) is 13.2 Å². The van der Waals surface area contributed by atoms with Crippen LogP contribution in [-0.4, -0.2) is 18.8 Å². The van der Waals surface area contributed by atoms with Crippen molar-refractivity contribution in [1.29, 1.82) is 0 Å². The van der Waals surface area contributed by atoms with Gasteiger partial charge in [-0.25, -0.2) is 0 Å². The summed E-state index contributed by atoms with van der Waals surface area (Å²) in [4.78, 5) is 11.8. The molecule has 2 aromatic rings. The maximum absolute atomic E-state index is 12.1. The molecule has 2 rings (SSSR count). The standard InChI is InChI=1S/C18H18F3NO2/c19-18(20,21)24-16-9-6-15(7-10-16)12-13-22-17(23)11-8-14-4-2-1-3-5-14/h1-7,9-10H,8,11-13H2,(H,22,23). The summed E-state index contributed by atoms with van der Waals surface area (Å²) in [5.41, 5.74) is 1.93. The van der Waals surface area contributed by atoms with Crippen molar-refractivity contribution in [3.8, 4) is 5.75 Å². The first kappa shape index (κ1) is 17.8. The topological polar surface area (TPSA) is 38.3 Å². The first-order valence-corrected chi connectivity index (χ1v) is 7.58. The smallest absolute Gasteiger partial charge is 0.406 e. The Morgan fingerprint density at radius 3 is 2.17 bits per heavy atom. The molecule has 0 aliphatic rings. The molecule has 0 aromatic heterocycles. The van der Waals surface area contributed by atoms with E-state index in [1.165, 1.54) is 12.1 Å². The van der Waals surface area contributed by atoms with Crippen LogP contribution < -0.4 is 10.1 Å². The fraction of sp³-hybridized carbons (Fsp3) is 0.278. The number of alkyl halides is 3. The van der Waals surface area contributed by atoms with Gasteiger partial charge in [0.1, 0.15) is 5.75 Å². The normalized spacial score (nSPS) is 11.1. The lowest BCUT2D eigenvalue weighted by molar-refractivity contribution is -0.274. The summed E-state index contributed by atoms with van der Waals surface area (Å²) in [6.45, 7) is 0.438. The van der Waals surface area contributed by atoms with Gasteiger partial charge in [-0.2, -0.15) is 0 Å². The molecule has 0 saturated carbocycles. The third kappa shape index (κ3) is 6.73. The summed E-state index contributed by atoms with van der Waals surface area (Å²) in [5.74, 6) is -0.297. The Balaban J connectivity index is 1.69. The molecule has 3 nitrogen and oxygen atoms in total. The number of hydrogen-bond acceptors (Lipinski definition) is 2. The number of carbonyl (C=O) groups is 1. The fourth-order valence-corrected chi connectivity index (χ4v) is 2.19. The van der Waals surface area contributed by atoms with Crippen molar-refractivity contribution in [3.63, 3.8) is 0 Å². The van der Waals surface area contributed by atoms with E-state index in [0.717, 1.165) is 11.1 Å². The van der Waals surface area contributed by atoms with E-state index in [1.807, 2.05) is 30.3 Å². The number of rotatable bonds is 7. The quantitative estimate of drug-likeness (QED) is 0.833. The number of ether oxygens (including phenoxy) is 1. The second-order valence-corrected chi connectivity index (χ2v) is 5.28. The van der Waals surface area contributed by atoms with Gasteiger partial charge in [-0.05, 0) is 36.1 Å². The number of aryl methyl sites for hydroxylation is 1. The number of nitrogens with one attached hydrogen (secondary N) is 1. The van der Waals surface area contributed by atoms with Gasteiger partial charge in [-0.3, -0.25) is 4.79 Å². The SMILES string of the molecule is O=C(CCc1ccccc1)NCCc1ccc(OC(F)(F)F)cc1. The lowest BCUT2D eigenvalue weighted by atomic mass is 10.1. The molecule has 24 heavy (non-hydrogen) atoms. The number of carbonyl (C=O) groups excluding carboxylic acids is 1. The first-order chi connectivity index (χ1) is 11.4. The van der Waals surface area contributed by atoms with Crippen LogP contribution in [0, 0.1) is 0 Å². The zero-order chi connectivity index (χ0) is 17.4. The average molecular weight is 337 g/mol. The van der Waals surface area contributed by atoms with Crippen molar-refractivity contribution in [3.05, 3.63) is 65.7 Å². The fourth-order valence-electron chi connectivity index (χ4n) is 2.19. The van der Waals surface area contributed by atoms with E-state index in [0.29, 0.717) is 25.8 Å². The Bertz CT molecular complexity index is 640. The Kier molecular flexibility index (Phi) is 6.23. The molecule has 0 radical (unpaired) electrons. The highest BCUT2D eigenvalue weighted by Gasteiger charge is 2.30. The zero-order valence-corrected chi connectivity index (χ0v) is 13.0. The second kappa shape index (κ2) is 8.38. The molecule has 0 aliphatic heterocycles. The van der Waals surface area contributed by atoms with Gasteiger partial charge in [0.15, 0.2) is 0 Å². The van der Waals surface area contributed by atoms with E-state index in [4.69, 9.17) is 0 Å². The van der Waals surface area contributed by atoms with Crippen LogP contribution in [0.1, 0.15) is 17.5 Å². The van der Waals surface area contributed by atoms with Gasteiger partial charge < -0.3 is 10.1 Å². The van der Waals surface area contributed by atoms with Crippen LogP contribution in [-0.2, 0) is 17.6 Å². The third-order valence-corrected chi connectivity index (χ3v) is 3.38. The Hall–Kier alpha value is -2.50. The predicted octanol–water partition coefficient (Wildman–Crippen LogP) is 3.88. The zero-order valence-electron chi connectivity index (χ0n) is 13.0. The van der Waals surface area contributed by atoms with Gasteiger partial charge in [-0.1, -0.05) is 42.5 Å². The van der Waals surface area contributed by atoms with E-state index in [1.54, 1.807) is 12.1 Å². The lowest BCUT2D eigenvalue weighted by Crippen LogP contribution is -2.25. The van der Waals surface area contributed by atoms with E-state index in [2.05, 4.69) is 10.1 Å². The van der Waals surface area contributed by atoms with Crippen LogP contribution >= 0.6 is 0 Å². The summed E-state index contributed by atoms with van der Waals surface area (Å²) >= 11 is 0. The van der Waals surface area contributed by atoms with Crippen molar-refractivity contribution >= 4 is 5.91 Å². The third-order valence-electron chi connectivity index (χ3n) is 3.38. The van der Waals surface area contributed by atoms with Crippen molar-refractivity contribution in [2.24, 2.45) is 0 Å². The van der Waals surface area contributed by atoms with Crippen LogP contribution in [0.4, 0.5) is 13.2 Å². The van der Waals surface area contributed by atoms with Gasteiger partial charge in [0.2, 0.25) is 5.91 Å². The molecule has 1 N–H and O–H groups in total. The van der Waals surface area contributed by atoms with Crippen LogP contribution in [0.15, 0.2) is 54.6 Å². The molecule has 6 heteroatoms. The summed E-state index contributed by atoms with van der Waals surface area (Å²) in [6.07, 6.45) is -3.06. The van der Waals surface area contributed by atoms with Gasteiger partial charge in [0.25, 0.3) is 0 Å². The van der Waals surface area contributed by atoms with Gasteiger partial charge in [0, 0.05) is 13.0 Å². The highest BCUT2D eigenvalue weighted by Crippen LogP contribution is 2.22. The molecule has 0 spiro atoms. The van der Waals surface area contributed by atoms with Crippen molar-refractivity contribution in [1.82, 2.24) is 5.32 Å². The van der Waals surface area contributed by atoms with Crippen molar-refractivity contribution < 1.29 is 22.7 Å². The molecular formula is C18H18F3NO2. The van der Waals surface area contributed by atoms with E-state index >= 15 is 0 Å². The Labute approximate surface area is 138 Å². The number of hydrogen-bond donors (Lipinski definition) is 1. The minimum atomic E-state index is -4.69. The van der Waals surface area contributed by atoms with Crippen LogP contribution in [0.25, 0.3) is 0 Å². The van der Waals surface area contributed by atoms with Gasteiger partial charge >= 0.3 is 6.36 Å². The highest BCUT2D eigenvalue weighted by molar-refractivity contribution is 5.76. The minimum Gasteiger partial charge on any atom is -0.406 e. The van der Waals surface area contributed by atoms with E-state index in [-0.39, 0.29) is 11.7 Å². The summed E-state index contributed by atoms with van der Waals surface area (Å²) < 4.78 is 40.0. The second-order valence-electron chi connectivity index (χ2n) is 5.28. The maximum Gasteiger partial charge on any atom is 0.573 e. The van der Waals surface area contributed by atoms with E-state index in [9.17, 15) is 18.0 Å². The largest absolute Gasteiger partial charge is 0.573 e. The molecular weight excluding hydrogens is 319 g/mol. The molecule has 0 bridgehead atoms. The van der Waals surface area contributed by atoms with Crippen LogP contribution in [0.5, 0.6) is 5.75 Å². The number of benzene rings is 2. The van der Waals surface area contributed by atoms with Crippen molar-refractivity contribution in [2.45, 2.75) is 25.6 Å². The van der Waals surface area contributed by atoms with E-state index < -0.39 is 6.36 Å². The molecule has 0 fully saturated rings. The minimum absolute atomic E-state index is 0.0455. The number of amides is 1. The van der Waals surface area contributed by atoms with Crippen LogP contribution in [0.3, 0.4) is 0 Å². The van der Waals surface area contributed by atoms with Crippen molar-refractivity contribution in [2.75, 3.05) is 6.54 Å². The average Bonchev–Trinajstić information content (AvgIpc) is 2.54. The van der Waals surface area contributed by atoms with Gasteiger partial charge in [0.05, 0.1) is 0 Å². The number of halogens is 3.